The molecule has 2 aromatic carbocycles. The first kappa shape index (κ1) is 28.3. The molecule has 2 aliphatic rings. The summed E-state index contributed by atoms with van der Waals surface area (Å²) in [5.41, 5.74) is 6.90. The van der Waals surface area contributed by atoms with Gasteiger partial charge in [0.2, 0.25) is 0 Å². The van der Waals surface area contributed by atoms with Crippen molar-refractivity contribution in [2.24, 2.45) is 5.92 Å². The molecule has 1 amide bonds. The predicted molar refractivity (Wildman–Crippen MR) is 138 cm³/mol. The van der Waals surface area contributed by atoms with Crippen LogP contribution in [0.3, 0.4) is 0 Å². The van der Waals surface area contributed by atoms with Crippen LogP contribution in [-0.2, 0) is 35.5 Å². The van der Waals surface area contributed by atoms with Crippen LogP contribution < -0.4 is 11.1 Å². The molecule has 208 valence electrons. The van der Waals surface area contributed by atoms with Crippen LogP contribution in [0.2, 0.25) is 0 Å². The van der Waals surface area contributed by atoms with Gasteiger partial charge in [0.1, 0.15) is 6.10 Å². The Bertz CT molecular complexity index is 1180. The summed E-state index contributed by atoms with van der Waals surface area (Å²) >= 11 is 0. The van der Waals surface area contributed by atoms with Crippen LogP contribution in [0, 0.1) is 5.92 Å². The monoisotopic (exact) mass is 549 g/mol. The van der Waals surface area contributed by atoms with E-state index >= 15 is 0 Å². The normalized spacial score (nSPS) is 22.8. The smallest absolute Gasteiger partial charge is 0.407 e. The lowest BCUT2D eigenvalue weighted by atomic mass is 10.0. The molecule has 2 aliphatic heterocycles. The van der Waals surface area contributed by atoms with Gasteiger partial charge in [0, 0.05) is 5.69 Å². The molecule has 2 aromatic rings. The van der Waals surface area contributed by atoms with Gasteiger partial charge in [0.05, 0.1) is 48.8 Å². The number of hydrogen-bond acceptors (Lipinski definition) is 9. The number of alkyl carbamates (subject to hydrolysis) is 1. The van der Waals surface area contributed by atoms with Gasteiger partial charge >= 0.3 is 6.09 Å². The average molecular weight is 550 g/mol. The molecule has 2 fully saturated rings. The van der Waals surface area contributed by atoms with Crippen LogP contribution >= 0.6 is 0 Å². The highest BCUT2D eigenvalue weighted by Crippen LogP contribution is 2.33. The molecule has 38 heavy (non-hydrogen) atoms. The fraction of sp³-hybridized carbons (Fsp3) is 0.500. The van der Waals surface area contributed by atoms with Crippen molar-refractivity contribution in [3.63, 3.8) is 0 Å². The van der Waals surface area contributed by atoms with Gasteiger partial charge in [-0.25, -0.2) is 13.2 Å². The maximum absolute atomic E-state index is 13.4. The minimum Gasteiger partial charge on any atom is -0.443 e. The Balaban J connectivity index is 1.51. The zero-order valence-corrected chi connectivity index (χ0v) is 22.3. The van der Waals surface area contributed by atoms with E-state index in [1.54, 1.807) is 19.9 Å². The van der Waals surface area contributed by atoms with Crippen molar-refractivity contribution in [3.8, 4) is 0 Å². The molecule has 1 unspecified atom stereocenters. The summed E-state index contributed by atoms with van der Waals surface area (Å²) in [6, 6.07) is 14.2. The van der Waals surface area contributed by atoms with E-state index in [2.05, 4.69) is 5.32 Å². The lowest BCUT2D eigenvalue weighted by molar-refractivity contribution is -0.136. The van der Waals surface area contributed by atoms with Gasteiger partial charge in [0.25, 0.3) is 10.0 Å². The minimum atomic E-state index is -4.18. The zero-order chi connectivity index (χ0) is 27.3. The van der Waals surface area contributed by atoms with Gasteiger partial charge in [-0.2, -0.15) is 0 Å². The number of nitrogens with two attached hydrogens (primary N) is 1. The van der Waals surface area contributed by atoms with Crippen molar-refractivity contribution in [1.29, 1.82) is 0 Å². The first-order valence-corrected chi connectivity index (χ1v) is 14.0. The van der Waals surface area contributed by atoms with Crippen LogP contribution in [0.1, 0.15) is 25.8 Å². The van der Waals surface area contributed by atoms with Crippen LogP contribution in [0.15, 0.2) is 59.5 Å². The molecule has 0 bridgehead atoms. The largest absolute Gasteiger partial charge is 0.443 e. The Morgan fingerprint density at radius 3 is 2.66 bits per heavy atom. The third-order valence-electron chi connectivity index (χ3n) is 6.40. The number of sulfonamides is 1. The summed E-state index contributed by atoms with van der Waals surface area (Å²) in [7, 11) is -4.18. The molecule has 4 rings (SSSR count). The summed E-state index contributed by atoms with van der Waals surface area (Å²) in [4.78, 5) is 18.4. The molecule has 5 atom stereocenters. The topological polar surface area (TPSA) is 150 Å². The number of aliphatic hydroxyl groups is 1. The number of hydroxylamine groups is 1. The maximum atomic E-state index is 13.4. The molecule has 0 aromatic heterocycles. The maximum Gasteiger partial charge on any atom is 0.407 e. The Morgan fingerprint density at radius 1 is 1.18 bits per heavy atom. The van der Waals surface area contributed by atoms with Crippen molar-refractivity contribution < 1.29 is 37.4 Å². The Kier molecular flexibility index (Phi) is 9.23. The number of amides is 1. The van der Waals surface area contributed by atoms with Crippen molar-refractivity contribution in [1.82, 2.24) is 9.79 Å². The van der Waals surface area contributed by atoms with E-state index in [0.717, 1.165) is 16.5 Å². The fourth-order valence-corrected chi connectivity index (χ4v) is 5.93. The van der Waals surface area contributed by atoms with Gasteiger partial charge in [-0.3, -0.25) is 4.84 Å². The number of carbonyl (C=O) groups is 1. The van der Waals surface area contributed by atoms with Crippen LogP contribution in [-0.4, -0.2) is 74.5 Å². The standard InChI is InChI=1S/C26H35N3O8S/c1-17(2)37-29(38(32,33)20-10-6-9-19(27)14-20)15-23(30)22(13-18-7-4-3-5-8-18)28-26(31)36-24-16-35-25-21(24)11-12-34-25/h3-10,14,17,21-25,30H,11-13,15-16,27H2,1-2H3,(H,28,31)/t21-,22-,23+,24?,25+/m0/s1. The van der Waals surface area contributed by atoms with E-state index in [9.17, 15) is 18.3 Å². The number of carbonyl (C=O) groups excluding carboxylic acids is 1. The molecule has 2 saturated heterocycles. The molecule has 0 aliphatic carbocycles. The molecule has 11 nitrogen and oxygen atoms in total. The first-order valence-electron chi connectivity index (χ1n) is 12.6. The zero-order valence-electron chi connectivity index (χ0n) is 21.4. The van der Waals surface area contributed by atoms with Crippen molar-refractivity contribution in [2.75, 3.05) is 25.5 Å². The van der Waals surface area contributed by atoms with E-state index in [-0.39, 0.29) is 35.8 Å². The number of ether oxygens (including phenoxy) is 3. The van der Waals surface area contributed by atoms with Gasteiger partial charge < -0.3 is 30.4 Å². The van der Waals surface area contributed by atoms with E-state index in [0.29, 0.717) is 6.61 Å². The summed E-state index contributed by atoms with van der Waals surface area (Å²) in [6.07, 6.45) is -2.49. The number of hydrogen-bond donors (Lipinski definition) is 3. The highest BCUT2D eigenvalue weighted by molar-refractivity contribution is 7.89. The lowest BCUT2D eigenvalue weighted by Gasteiger charge is -2.30. The third-order valence-corrected chi connectivity index (χ3v) is 8.02. The average Bonchev–Trinajstić information content (AvgIpc) is 3.49. The van der Waals surface area contributed by atoms with Crippen LogP contribution in [0.25, 0.3) is 0 Å². The highest BCUT2D eigenvalue weighted by Gasteiger charge is 2.44. The quantitative estimate of drug-likeness (QED) is 0.283. The van der Waals surface area contributed by atoms with Gasteiger partial charge in [-0.15, -0.1) is 0 Å². The molecule has 0 spiro atoms. The molecule has 0 radical (unpaired) electrons. The predicted octanol–water partition coefficient (Wildman–Crippen LogP) is 2.06. The van der Waals surface area contributed by atoms with Gasteiger partial charge in [0.15, 0.2) is 6.29 Å². The van der Waals surface area contributed by atoms with Crippen LogP contribution in [0.5, 0.6) is 0 Å². The molecule has 0 saturated carbocycles. The molecule has 4 N–H and O–H groups in total. The molecule has 12 heteroatoms. The van der Waals surface area contributed by atoms with Crippen LogP contribution in [0.4, 0.5) is 10.5 Å². The van der Waals surface area contributed by atoms with Gasteiger partial charge in [-0.05, 0) is 50.5 Å². The number of nitrogen functional groups attached to an aromatic ring is 1. The van der Waals surface area contributed by atoms with E-state index in [1.807, 2.05) is 30.3 Å². The van der Waals surface area contributed by atoms with Gasteiger partial charge in [-0.1, -0.05) is 40.9 Å². The summed E-state index contributed by atoms with van der Waals surface area (Å²) < 4.78 is 44.2. The second-order valence-corrected chi connectivity index (χ2v) is 11.5. The Hall–Kier alpha value is -2.74. The number of nitrogens with zero attached hydrogens (tertiary/aromatic N) is 1. The Labute approximate surface area is 222 Å². The highest BCUT2D eigenvalue weighted by atomic mass is 32.2. The summed E-state index contributed by atoms with van der Waals surface area (Å²) in [6.45, 7) is 3.67. The van der Waals surface area contributed by atoms with E-state index in [1.165, 1.54) is 18.2 Å². The number of fused-ring (bicyclic) bond motifs is 1. The van der Waals surface area contributed by atoms with Crippen molar-refractivity contribution in [3.05, 3.63) is 60.2 Å². The SMILES string of the molecule is CC(C)ON(C[C@@H](O)[C@H](Cc1ccccc1)NC(=O)OC1CO[C@H]2OCC[C@@H]12)S(=O)(=O)c1cccc(N)c1. The first-order chi connectivity index (χ1) is 18.1. The van der Waals surface area contributed by atoms with E-state index in [4.69, 9.17) is 24.8 Å². The lowest BCUT2D eigenvalue weighted by Crippen LogP contribution is -2.51. The number of rotatable bonds is 11. The van der Waals surface area contributed by atoms with Crippen molar-refractivity contribution >= 4 is 21.8 Å². The third kappa shape index (κ3) is 7.01. The van der Waals surface area contributed by atoms with Crippen molar-refractivity contribution in [2.45, 2.75) is 62.2 Å². The number of benzene rings is 2. The molecular weight excluding hydrogens is 514 g/mol. The molecule has 2 heterocycles. The molecular formula is C26H35N3O8S. The van der Waals surface area contributed by atoms with E-state index < -0.39 is 47.0 Å². The number of aliphatic hydroxyl groups excluding tert-OH is 1. The summed E-state index contributed by atoms with van der Waals surface area (Å²) in [5.74, 6) is -0.0448. The second-order valence-electron chi connectivity index (χ2n) is 9.69. The fourth-order valence-electron chi connectivity index (χ4n) is 4.53. The summed E-state index contributed by atoms with van der Waals surface area (Å²) in [5, 5.41) is 14.0. The number of nitrogens with one attached hydrogen (secondary N) is 1. The second kappa shape index (κ2) is 12.4. The minimum absolute atomic E-state index is 0.0448. The Morgan fingerprint density at radius 2 is 1.95 bits per heavy atom. The number of anilines is 1.